The largest absolute Gasteiger partial charge is 1.00 e. The van der Waals surface area contributed by atoms with Gasteiger partial charge in [-0.3, -0.25) is 24.5 Å². The van der Waals surface area contributed by atoms with E-state index in [1.54, 1.807) is 61.1 Å². The minimum atomic E-state index is -3.26. The summed E-state index contributed by atoms with van der Waals surface area (Å²) < 4.78 is 27.9. The molecule has 15 heteroatoms. The Morgan fingerprint density at radius 1 is 1.02 bits per heavy atom. The van der Waals surface area contributed by atoms with Gasteiger partial charge in [-0.2, -0.15) is 0 Å². The van der Waals surface area contributed by atoms with Crippen LogP contribution < -0.4 is 108 Å². The predicted octanol–water partition coefficient (Wildman–Crippen LogP) is -3.78. The van der Waals surface area contributed by atoms with Crippen LogP contribution >= 0.6 is 0 Å². The number of hydrogen-bond donors (Lipinski definition) is 1. The number of aromatic nitrogens is 3. The Bertz CT molecular complexity index is 1270. The number of aldehydes is 1. The van der Waals surface area contributed by atoms with Crippen LogP contribution in [0.1, 0.15) is 17.5 Å². The number of pyridine rings is 2. The number of aliphatic hydroxyl groups is 1. The number of hydrogen-bond acceptors (Lipinski definition) is 12. The molecule has 1 aromatic carbocycles. The fraction of sp³-hybridized carbons (Fsp3) is 0.120. The van der Waals surface area contributed by atoms with E-state index in [9.17, 15) is 13.2 Å². The first-order valence-corrected chi connectivity index (χ1v) is 12.1. The summed E-state index contributed by atoms with van der Waals surface area (Å²) in [5.74, 6) is 0.446. The summed E-state index contributed by atoms with van der Waals surface area (Å²) in [4.78, 5) is 36.5. The molecular weight excluding hydrogens is 595 g/mol. The SMILES string of the molecule is C=NCS(=O)(=O)c1ccc(C)cc1.CO.O=CO[O-].O=Cc1ccccn1.[H-].[K+].[K+].c1ccc(-c2cnco2)nc1. The number of sulfone groups is 1. The Morgan fingerprint density at radius 3 is 1.98 bits per heavy atom. The van der Waals surface area contributed by atoms with Crippen LogP contribution in [0.2, 0.25) is 0 Å². The van der Waals surface area contributed by atoms with Gasteiger partial charge >= 0.3 is 103 Å². The summed E-state index contributed by atoms with van der Waals surface area (Å²) in [6.45, 7) is 4.88. The minimum Gasteiger partial charge on any atom is -1.00 e. The second-order valence-electron chi connectivity index (χ2n) is 6.43. The van der Waals surface area contributed by atoms with E-state index in [1.165, 1.54) is 6.39 Å². The van der Waals surface area contributed by atoms with Crippen molar-refractivity contribution < 1.29 is 142 Å². The van der Waals surface area contributed by atoms with Gasteiger partial charge in [0, 0.05) is 19.5 Å². The third-order valence-electron chi connectivity index (χ3n) is 3.84. The van der Waals surface area contributed by atoms with E-state index in [0.29, 0.717) is 16.3 Å². The van der Waals surface area contributed by atoms with Gasteiger partial charge in [0.1, 0.15) is 17.3 Å². The molecule has 0 saturated heterocycles. The molecule has 4 aromatic rings. The molecule has 0 bridgehead atoms. The zero-order valence-electron chi connectivity index (χ0n) is 23.7. The number of benzene rings is 1. The Hall–Kier alpha value is -1.32. The number of nitrogens with zero attached hydrogens (tertiary/aromatic N) is 4. The van der Waals surface area contributed by atoms with Crippen LogP contribution in [0.15, 0.2) is 100.0 Å². The maximum atomic E-state index is 11.4. The molecule has 0 aliphatic carbocycles. The van der Waals surface area contributed by atoms with Crippen molar-refractivity contribution in [1.29, 1.82) is 0 Å². The third kappa shape index (κ3) is 19.7. The van der Waals surface area contributed by atoms with Crippen molar-refractivity contribution in [2.75, 3.05) is 13.0 Å². The van der Waals surface area contributed by atoms with E-state index in [-0.39, 0.29) is 117 Å². The molecule has 0 radical (unpaired) electrons. The van der Waals surface area contributed by atoms with Crippen LogP contribution in [-0.4, -0.2) is 60.9 Å². The van der Waals surface area contributed by atoms with E-state index in [2.05, 4.69) is 31.5 Å². The van der Waals surface area contributed by atoms with Crippen molar-refractivity contribution in [1.82, 2.24) is 15.0 Å². The molecule has 0 amide bonds. The van der Waals surface area contributed by atoms with Crippen LogP contribution in [0.3, 0.4) is 0 Å². The van der Waals surface area contributed by atoms with Gasteiger partial charge in [-0.05, 0) is 50.0 Å². The molecule has 40 heavy (non-hydrogen) atoms. The summed E-state index contributed by atoms with van der Waals surface area (Å²) in [7, 11) is -2.26. The number of aryl methyl sites for hydroxylation is 1. The molecule has 0 unspecified atom stereocenters. The number of rotatable bonds is 6. The van der Waals surface area contributed by atoms with Crippen molar-refractivity contribution in [2.24, 2.45) is 4.99 Å². The normalized spacial score (nSPS) is 8.70. The fourth-order valence-corrected chi connectivity index (χ4v) is 3.18. The van der Waals surface area contributed by atoms with Gasteiger partial charge in [0.25, 0.3) is 6.47 Å². The molecule has 0 fully saturated rings. The smallest absolute Gasteiger partial charge is 1.00 e. The van der Waals surface area contributed by atoms with Gasteiger partial charge in [-0.1, -0.05) is 29.8 Å². The van der Waals surface area contributed by atoms with Crippen LogP contribution in [0.25, 0.3) is 11.5 Å². The summed E-state index contributed by atoms with van der Waals surface area (Å²) in [5.41, 5.74) is 2.32. The average molecular weight is 623 g/mol. The molecule has 1 N–H and O–H groups in total. The molecule has 0 atom stereocenters. The van der Waals surface area contributed by atoms with E-state index in [4.69, 9.17) is 19.6 Å². The molecule has 3 aromatic heterocycles. The van der Waals surface area contributed by atoms with Crippen LogP contribution in [0.5, 0.6) is 0 Å². The van der Waals surface area contributed by atoms with Crippen molar-refractivity contribution in [3.63, 3.8) is 0 Å². The van der Waals surface area contributed by atoms with Gasteiger partial charge < -0.3 is 21.1 Å². The molecule has 204 valence electrons. The first-order valence-electron chi connectivity index (χ1n) is 10.4. The van der Waals surface area contributed by atoms with E-state index < -0.39 is 9.84 Å². The standard InChI is InChI=1S/C9H11NO2S.C8H6N2O.C6H5NO.CH2O3.CH4O.2K.H/c1-8-3-5-9(6-4-8)13(11,12)7-10-2;1-2-4-10-7(3-1)8-5-9-6-11-8;8-5-6-3-1-2-4-7-6;2-1-4-3;1-2;;;/h3-6H,2,7H2,1H3;1-6H;1-5H;1,3H;2H,1H3;;;/q;;;;;2*+1;-1/p-1. The number of aliphatic hydroxyl groups excluding tert-OH is 1. The fourth-order valence-electron chi connectivity index (χ4n) is 2.24. The van der Waals surface area contributed by atoms with Crippen LogP contribution in [0, 0.1) is 6.92 Å². The molecule has 0 aliphatic heterocycles. The number of oxazole rings is 1. The maximum Gasteiger partial charge on any atom is 1.00 e. The zero-order valence-corrected chi connectivity index (χ0v) is 29.7. The van der Waals surface area contributed by atoms with Gasteiger partial charge in [0.15, 0.2) is 28.3 Å². The van der Waals surface area contributed by atoms with Gasteiger partial charge in [-0.15, -0.1) is 0 Å². The molecule has 0 spiro atoms. The van der Waals surface area contributed by atoms with Crippen LogP contribution in [0.4, 0.5) is 0 Å². The zero-order chi connectivity index (χ0) is 28.7. The summed E-state index contributed by atoms with van der Waals surface area (Å²) in [5, 5.41) is 15.4. The van der Waals surface area contributed by atoms with Gasteiger partial charge in [0.05, 0.1) is 11.1 Å². The Balaban J connectivity index is -0.000000224. The average Bonchev–Trinajstić information content (AvgIpc) is 3.51. The topological polar surface area (TPSA) is 185 Å². The second-order valence-corrected chi connectivity index (χ2v) is 8.39. The number of carbonyl (C=O) groups excluding carboxylic acids is 2. The quantitative estimate of drug-likeness (QED) is 0.0732. The predicted molar refractivity (Wildman–Crippen MR) is 139 cm³/mol. The van der Waals surface area contributed by atoms with Gasteiger partial charge in [-0.25, -0.2) is 13.4 Å². The van der Waals surface area contributed by atoms with Crippen LogP contribution in [-0.2, 0) is 19.5 Å². The summed E-state index contributed by atoms with van der Waals surface area (Å²) in [6, 6.07) is 17.5. The molecular formula is C25H28K2N4O8S. The molecule has 0 aliphatic rings. The van der Waals surface area contributed by atoms with Gasteiger partial charge in [0.2, 0.25) is 0 Å². The summed E-state index contributed by atoms with van der Waals surface area (Å²) >= 11 is 0. The third-order valence-corrected chi connectivity index (χ3v) is 5.35. The Kier molecular flexibility index (Phi) is 30.0. The maximum absolute atomic E-state index is 11.4. The molecule has 12 nitrogen and oxygen atoms in total. The molecule has 4 rings (SSSR count). The molecule has 3 heterocycles. The van der Waals surface area contributed by atoms with Crippen molar-refractivity contribution in [2.45, 2.75) is 11.8 Å². The van der Waals surface area contributed by atoms with E-state index in [0.717, 1.165) is 24.7 Å². The Morgan fingerprint density at radius 2 is 1.60 bits per heavy atom. The first-order chi connectivity index (χ1) is 18.4. The number of carbonyl (C=O) groups is 2. The monoisotopic (exact) mass is 622 g/mol. The Labute approximate surface area is 319 Å². The van der Waals surface area contributed by atoms with Crippen molar-refractivity contribution in [3.8, 4) is 11.5 Å². The first kappa shape index (κ1) is 43.1. The van der Waals surface area contributed by atoms with E-state index >= 15 is 0 Å². The number of aliphatic imine (C=N–C) groups is 1. The second kappa shape index (κ2) is 27.8. The molecule has 0 saturated carbocycles. The van der Waals surface area contributed by atoms with Crippen molar-refractivity contribution >= 4 is 29.3 Å². The van der Waals surface area contributed by atoms with E-state index in [1.807, 2.05) is 25.1 Å². The minimum absolute atomic E-state index is 0. The summed E-state index contributed by atoms with van der Waals surface area (Å²) in [6.07, 6.45) is 7.06. The van der Waals surface area contributed by atoms with Crippen molar-refractivity contribution in [3.05, 3.63) is 96.9 Å².